The van der Waals surface area contributed by atoms with Gasteiger partial charge in [-0.3, -0.25) is 4.79 Å². The monoisotopic (exact) mass is 294 g/mol. The second-order valence-corrected chi connectivity index (χ2v) is 5.10. The number of hydrogen-bond donors (Lipinski definition) is 1. The standard InChI is InChI=1S/C14H18N2O3S/c1-2-6-16(7-5-13(15)20)14(17)10-3-4-11-12(8-10)19-9-18-11/h3-4,8H,2,5-7,9H2,1H3,(H2,15,20). The third-order valence-electron chi connectivity index (χ3n) is 3.03. The van der Waals surface area contributed by atoms with Crippen molar-refractivity contribution in [2.24, 2.45) is 5.73 Å². The Labute approximate surface area is 123 Å². The summed E-state index contributed by atoms with van der Waals surface area (Å²) in [6.45, 7) is 3.44. The van der Waals surface area contributed by atoms with Crippen molar-refractivity contribution in [1.82, 2.24) is 4.90 Å². The summed E-state index contributed by atoms with van der Waals surface area (Å²) in [5.41, 5.74) is 6.10. The maximum atomic E-state index is 12.5. The van der Waals surface area contributed by atoms with Crippen LogP contribution in [-0.2, 0) is 0 Å². The molecule has 5 nitrogen and oxygen atoms in total. The van der Waals surface area contributed by atoms with Gasteiger partial charge in [0.2, 0.25) is 6.79 Å². The predicted molar refractivity (Wildman–Crippen MR) is 80.2 cm³/mol. The van der Waals surface area contributed by atoms with Gasteiger partial charge in [-0.1, -0.05) is 19.1 Å². The van der Waals surface area contributed by atoms with Gasteiger partial charge in [0.1, 0.15) is 0 Å². The average Bonchev–Trinajstić information content (AvgIpc) is 2.89. The van der Waals surface area contributed by atoms with E-state index in [1.807, 2.05) is 6.92 Å². The van der Waals surface area contributed by atoms with Gasteiger partial charge in [-0.05, 0) is 24.6 Å². The van der Waals surface area contributed by atoms with Gasteiger partial charge < -0.3 is 20.1 Å². The minimum atomic E-state index is -0.0404. The molecule has 108 valence electrons. The summed E-state index contributed by atoms with van der Waals surface area (Å²) in [5.74, 6) is 1.25. The number of carbonyl (C=O) groups is 1. The molecular formula is C14H18N2O3S. The van der Waals surface area contributed by atoms with Gasteiger partial charge in [0.05, 0.1) is 4.99 Å². The summed E-state index contributed by atoms with van der Waals surface area (Å²) in [6, 6.07) is 5.22. The van der Waals surface area contributed by atoms with Gasteiger partial charge >= 0.3 is 0 Å². The fourth-order valence-corrected chi connectivity index (χ4v) is 2.13. The van der Waals surface area contributed by atoms with E-state index < -0.39 is 0 Å². The molecule has 2 N–H and O–H groups in total. The number of rotatable bonds is 6. The molecule has 0 saturated carbocycles. The summed E-state index contributed by atoms with van der Waals surface area (Å²) in [5, 5.41) is 0. The lowest BCUT2D eigenvalue weighted by molar-refractivity contribution is 0.0760. The maximum absolute atomic E-state index is 12.5. The van der Waals surface area contributed by atoms with Crippen molar-refractivity contribution >= 4 is 23.1 Å². The predicted octanol–water partition coefficient (Wildman–Crippen LogP) is 1.94. The van der Waals surface area contributed by atoms with Crippen LogP contribution in [0, 0.1) is 0 Å². The first-order valence-electron chi connectivity index (χ1n) is 6.59. The Hall–Kier alpha value is -1.82. The first kappa shape index (κ1) is 14.6. The first-order valence-corrected chi connectivity index (χ1v) is 7.00. The highest BCUT2D eigenvalue weighted by Crippen LogP contribution is 2.32. The molecule has 1 aliphatic rings. The minimum absolute atomic E-state index is 0.0404. The smallest absolute Gasteiger partial charge is 0.254 e. The van der Waals surface area contributed by atoms with Crippen molar-refractivity contribution in [3.8, 4) is 11.5 Å². The lowest BCUT2D eigenvalue weighted by Gasteiger charge is -2.22. The molecule has 0 aliphatic carbocycles. The van der Waals surface area contributed by atoms with Crippen LogP contribution < -0.4 is 15.2 Å². The zero-order valence-electron chi connectivity index (χ0n) is 11.4. The molecule has 2 rings (SSSR count). The van der Waals surface area contributed by atoms with Gasteiger partial charge in [-0.25, -0.2) is 0 Å². The molecular weight excluding hydrogens is 276 g/mol. The lowest BCUT2D eigenvalue weighted by atomic mass is 10.1. The van der Waals surface area contributed by atoms with E-state index in [1.54, 1.807) is 23.1 Å². The van der Waals surface area contributed by atoms with Crippen molar-refractivity contribution < 1.29 is 14.3 Å². The van der Waals surface area contributed by atoms with E-state index in [-0.39, 0.29) is 12.7 Å². The zero-order chi connectivity index (χ0) is 14.5. The number of hydrogen-bond acceptors (Lipinski definition) is 4. The van der Waals surface area contributed by atoms with E-state index in [0.29, 0.717) is 41.6 Å². The van der Waals surface area contributed by atoms with Crippen molar-refractivity contribution in [1.29, 1.82) is 0 Å². The molecule has 0 saturated heterocycles. The SMILES string of the molecule is CCCN(CCC(N)=S)C(=O)c1ccc2c(c1)OCO2. The van der Waals surface area contributed by atoms with E-state index in [2.05, 4.69) is 0 Å². The molecule has 1 amide bonds. The second kappa shape index (κ2) is 6.56. The number of carbonyl (C=O) groups excluding carboxylic acids is 1. The normalized spacial score (nSPS) is 12.2. The summed E-state index contributed by atoms with van der Waals surface area (Å²) in [4.78, 5) is 14.7. The topological polar surface area (TPSA) is 64.8 Å². The van der Waals surface area contributed by atoms with Crippen LogP contribution in [0.4, 0.5) is 0 Å². The van der Waals surface area contributed by atoms with E-state index in [0.717, 1.165) is 6.42 Å². The Balaban J connectivity index is 2.12. The zero-order valence-corrected chi connectivity index (χ0v) is 12.2. The molecule has 0 bridgehead atoms. The number of amides is 1. The van der Waals surface area contributed by atoms with Crippen LogP contribution in [0.25, 0.3) is 0 Å². The third kappa shape index (κ3) is 3.39. The highest BCUT2D eigenvalue weighted by molar-refractivity contribution is 7.80. The van der Waals surface area contributed by atoms with Crippen LogP contribution in [0.3, 0.4) is 0 Å². The van der Waals surface area contributed by atoms with E-state index >= 15 is 0 Å². The minimum Gasteiger partial charge on any atom is -0.454 e. The van der Waals surface area contributed by atoms with Crippen LogP contribution in [0.15, 0.2) is 18.2 Å². The van der Waals surface area contributed by atoms with Crippen molar-refractivity contribution in [2.75, 3.05) is 19.9 Å². The number of thiocarbonyl (C=S) groups is 1. The Kier molecular flexibility index (Phi) is 4.79. The first-order chi connectivity index (χ1) is 9.61. The number of nitrogens with zero attached hydrogens (tertiary/aromatic N) is 1. The van der Waals surface area contributed by atoms with Gasteiger partial charge in [0.15, 0.2) is 11.5 Å². The molecule has 1 aliphatic heterocycles. The summed E-state index contributed by atoms with van der Waals surface area (Å²) in [7, 11) is 0. The highest BCUT2D eigenvalue weighted by atomic mass is 32.1. The molecule has 0 fully saturated rings. The molecule has 20 heavy (non-hydrogen) atoms. The maximum Gasteiger partial charge on any atom is 0.254 e. The molecule has 1 heterocycles. The quantitative estimate of drug-likeness (QED) is 0.812. The third-order valence-corrected chi connectivity index (χ3v) is 3.23. The largest absolute Gasteiger partial charge is 0.454 e. The summed E-state index contributed by atoms with van der Waals surface area (Å²) in [6.07, 6.45) is 1.42. The van der Waals surface area contributed by atoms with Crippen LogP contribution in [0.2, 0.25) is 0 Å². The van der Waals surface area contributed by atoms with E-state index in [4.69, 9.17) is 27.4 Å². The van der Waals surface area contributed by atoms with Crippen LogP contribution in [0.1, 0.15) is 30.1 Å². The van der Waals surface area contributed by atoms with Gasteiger partial charge in [-0.2, -0.15) is 0 Å². The highest BCUT2D eigenvalue weighted by Gasteiger charge is 2.19. The molecule has 1 aromatic carbocycles. The number of nitrogens with two attached hydrogens (primary N) is 1. The van der Waals surface area contributed by atoms with Gasteiger partial charge in [0.25, 0.3) is 5.91 Å². The lowest BCUT2D eigenvalue weighted by Crippen LogP contribution is -2.34. The fraction of sp³-hybridized carbons (Fsp3) is 0.429. The molecule has 0 atom stereocenters. The van der Waals surface area contributed by atoms with Crippen LogP contribution in [-0.4, -0.2) is 35.7 Å². The van der Waals surface area contributed by atoms with Crippen molar-refractivity contribution in [2.45, 2.75) is 19.8 Å². The average molecular weight is 294 g/mol. The van der Waals surface area contributed by atoms with E-state index in [9.17, 15) is 4.79 Å². The summed E-state index contributed by atoms with van der Waals surface area (Å²) >= 11 is 4.87. The summed E-state index contributed by atoms with van der Waals surface area (Å²) < 4.78 is 10.5. The molecule has 1 aromatic rings. The number of fused-ring (bicyclic) bond motifs is 1. The Morgan fingerprint density at radius 3 is 2.80 bits per heavy atom. The van der Waals surface area contributed by atoms with Crippen LogP contribution in [0.5, 0.6) is 11.5 Å². The van der Waals surface area contributed by atoms with E-state index in [1.165, 1.54) is 0 Å². The Bertz CT molecular complexity index is 519. The van der Waals surface area contributed by atoms with Gasteiger partial charge in [0, 0.05) is 25.1 Å². The molecule has 0 unspecified atom stereocenters. The molecule has 0 spiro atoms. The van der Waals surface area contributed by atoms with Gasteiger partial charge in [-0.15, -0.1) is 0 Å². The van der Waals surface area contributed by atoms with Crippen molar-refractivity contribution in [3.63, 3.8) is 0 Å². The molecule has 6 heteroatoms. The fourth-order valence-electron chi connectivity index (χ4n) is 2.04. The Morgan fingerprint density at radius 2 is 2.10 bits per heavy atom. The number of ether oxygens (including phenoxy) is 2. The number of benzene rings is 1. The Morgan fingerprint density at radius 1 is 1.35 bits per heavy atom. The molecule has 0 radical (unpaired) electrons. The van der Waals surface area contributed by atoms with Crippen molar-refractivity contribution in [3.05, 3.63) is 23.8 Å². The van der Waals surface area contributed by atoms with Crippen LogP contribution >= 0.6 is 12.2 Å². The molecule has 0 aromatic heterocycles. The second-order valence-electron chi connectivity index (χ2n) is 4.58.